The first-order valence-corrected chi connectivity index (χ1v) is 9.57. The monoisotopic (exact) mass is 381 g/mol. The summed E-state index contributed by atoms with van der Waals surface area (Å²) < 4.78 is 67.8. The van der Waals surface area contributed by atoms with Gasteiger partial charge in [-0.25, -0.2) is 13.1 Å². The normalized spacial score (nSPS) is 15.7. The van der Waals surface area contributed by atoms with Gasteiger partial charge in [-0.15, -0.1) is 0 Å². The Morgan fingerprint density at radius 2 is 1.64 bits per heavy atom. The summed E-state index contributed by atoms with van der Waals surface area (Å²) in [4.78, 5) is 0. The predicted molar refractivity (Wildman–Crippen MR) is 92.0 cm³/mol. The van der Waals surface area contributed by atoms with Gasteiger partial charge in [0.25, 0.3) is 0 Å². The molecule has 4 nitrogen and oxygen atoms in total. The molecule has 1 N–H and O–H groups in total. The van der Waals surface area contributed by atoms with Crippen LogP contribution in [0.15, 0.2) is 24.3 Å². The average molecular weight is 381 g/mol. The van der Waals surface area contributed by atoms with Crippen molar-refractivity contribution in [3.05, 3.63) is 29.8 Å². The first-order chi connectivity index (χ1) is 11.3. The van der Waals surface area contributed by atoms with Gasteiger partial charge in [-0.2, -0.15) is 13.2 Å². The zero-order valence-electron chi connectivity index (χ0n) is 15.1. The van der Waals surface area contributed by atoms with Crippen LogP contribution in [-0.2, 0) is 10.0 Å². The van der Waals surface area contributed by atoms with Gasteiger partial charge >= 0.3 is 15.5 Å². The summed E-state index contributed by atoms with van der Waals surface area (Å²) in [6.07, 6.45) is 0.992. The molecular weight excluding hydrogens is 355 g/mol. The molecule has 144 valence electrons. The van der Waals surface area contributed by atoms with E-state index in [-0.39, 0.29) is 6.61 Å². The molecule has 0 aliphatic carbocycles. The zero-order chi connectivity index (χ0) is 19.5. The number of ether oxygens (including phenoxy) is 1. The first kappa shape index (κ1) is 21.8. The van der Waals surface area contributed by atoms with Crippen molar-refractivity contribution in [3.63, 3.8) is 0 Å². The van der Waals surface area contributed by atoms with Crippen LogP contribution in [-0.4, -0.2) is 26.6 Å². The third kappa shape index (κ3) is 6.18. The van der Waals surface area contributed by atoms with Crippen LogP contribution in [0, 0.1) is 5.41 Å². The summed E-state index contributed by atoms with van der Waals surface area (Å²) in [6.45, 7) is 8.90. The predicted octanol–water partition coefficient (Wildman–Crippen LogP) is 4.43. The first-order valence-electron chi connectivity index (χ1n) is 8.09. The molecule has 1 aromatic carbocycles. The Morgan fingerprint density at radius 3 is 2.04 bits per heavy atom. The van der Waals surface area contributed by atoms with Gasteiger partial charge in [0.05, 0.1) is 6.04 Å². The second kappa shape index (κ2) is 7.95. The Balaban J connectivity index is 2.84. The Hall–Kier alpha value is -1.28. The van der Waals surface area contributed by atoms with Gasteiger partial charge in [-0.3, -0.25) is 0 Å². The van der Waals surface area contributed by atoms with E-state index in [1.807, 2.05) is 12.1 Å². The molecule has 1 aromatic rings. The lowest BCUT2D eigenvalue weighted by molar-refractivity contribution is -0.0456. The fourth-order valence-corrected chi connectivity index (χ4v) is 2.95. The molecule has 0 fully saturated rings. The van der Waals surface area contributed by atoms with Crippen molar-refractivity contribution in [1.29, 1.82) is 0 Å². The zero-order valence-corrected chi connectivity index (χ0v) is 16.0. The molecule has 1 rings (SSSR count). The van der Waals surface area contributed by atoms with Crippen molar-refractivity contribution in [1.82, 2.24) is 4.72 Å². The van der Waals surface area contributed by atoms with Gasteiger partial charge in [-0.05, 0) is 35.4 Å². The molecule has 0 heterocycles. The lowest BCUT2D eigenvalue weighted by Gasteiger charge is -2.31. The summed E-state index contributed by atoms with van der Waals surface area (Å²) in [5, 5.41) is 0. The summed E-state index contributed by atoms with van der Waals surface area (Å²) in [7, 11) is -5.44. The molecule has 25 heavy (non-hydrogen) atoms. The third-order valence-corrected chi connectivity index (χ3v) is 5.33. The van der Waals surface area contributed by atoms with E-state index >= 15 is 0 Å². The van der Waals surface area contributed by atoms with Gasteiger partial charge in [0.2, 0.25) is 0 Å². The Kier molecular flexibility index (Phi) is 6.92. The highest BCUT2D eigenvalue weighted by Crippen LogP contribution is 2.27. The number of sulfonamides is 1. The van der Waals surface area contributed by atoms with Gasteiger partial charge in [0, 0.05) is 0 Å². The van der Waals surface area contributed by atoms with Crippen LogP contribution in [0.2, 0.25) is 0 Å². The van der Waals surface area contributed by atoms with Crippen molar-refractivity contribution in [2.45, 2.75) is 58.5 Å². The molecule has 0 spiro atoms. The Bertz CT molecular complexity index is 649. The summed E-state index contributed by atoms with van der Waals surface area (Å²) in [5.74, 6) is 0.877. The van der Waals surface area contributed by atoms with E-state index in [1.165, 1.54) is 0 Å². The molecule has 0 saturated carbocycles. The second-order valence-electron chi connectivity index (χ2n) is 7.17. The van der Waals surface area contributed by atoms with Crippen LogP contribution in [0.25, 0.3) is 0 Å². The number of hydrogen-bond donors (Lipinski definition) is 1. The maximum atomic E-state index is 12.6. The highest BCUT2D eigenvalue weighted by molar-refractivity contribution is 7.90. The molecule has 0 aliphatic rings. The minimum absolute atomic E-state index is 0.207. The topological polar surface area (TPSA) is 55.4 Å². The number of hydrogen-bond acceptors (Lipinski definition) is 3. The second-order valence-corrected chi connectivity index (χ2v) is 8.88. The fraction of sp³-hybridized carbons (Fsp3) is 0.647. The van der Waals surface area contributed by atoms with Crippen LogP contribution in [0.3, 0.4) is 0 Å². The number of benzene rings is 1. The summed E-state index contributed by atoms with van der Waals surface area (Å²) in [5.41, 5.74) is -4.97. The largest absolute Gasteiger partial charge is 0.511 e. The van der Waals surface area contributed by atoms with E-state index in [1.54, 1.807) is 37.6 Å². The Labute approximate surface area is 147 Å². The maximum absolute atomic E-state index is 12.6. The van der Waals surface area contributed by atoms with E-state index in [9.17, 15) is 21.6 Å². The van der Waals surface area contributed by atoms with E-state index in [2.05, 4.69) is 13.8 Å². The van der Waals surface area contributed by atoms with Crippen molar-refractivity contribution in [3.8, 4) is 5.75 Å². The molecule has 0 saturated heterocycles. The van der Waals surface area contributed by atoms with Gasteiger partial charge in [-0.1, -0.05) is 46.8 Å². The highest BCUT2D eigenvalue weighted by Gasteiger charge is 2.48. The van der Waals surface area contributed by atoms with E-state index < -0.39 is 27.0 Å². The van der Waals surface area contributed by atoms with E-state index in [0.717, 1.165) is 12.0 Å². The van der Waals surface area contributed by atoms with Crippen LogP contribution in [0.5, 0.6) is 5.75 Å². The van der Waals surface area contributed by atoms with Crippen LogP contribution in [0.4, 0.5) is 13.2 Å². The van der Waals surface area contributed by atoms with Crippen molar-refractivity contribution >= 4 is 10.0 Å². The molecular formula is C17H26F3NO3S. The van der Waals surface area contributed by atoms with Gasteiger partial charge in [0.15, 0.2) is 0 Å². The highest BCUT2D eigenvalue weighted by atomic mass is 32.2. The standard InChI is InChI=1S/C17H26F3NO3S/c1-6-12(2)13-7-9-14(10-8-13)24-11-15(16(3,4)5)21-25(22,23)17(18,19)20/h7-10,12,15,21H,6,11H2,1-5H3. The third-order valence-electron chi connectivity index (χ3n) is 4.13. The van der Waals surface area contributed by atoms with Gasteiger partial charge < -0.3 is 4.74 Å². The smallest absolute Gasteiger partial charge is 0.492 e. The molecule has 0 aliphatic heterocycles. The van der Waals surface area contributed by atoms with E-state index in [4.69, 9.17) is 4.74 Å². The fourth-order valence-electron chi connectivity index (χ4n) is 2.02. The molecule has 0 bridgehead atoms. The van der Waals surface area contributed by atoms with E-state index in [0.29, 0.717) is 11.7 Å². The summed E-state index contributed by atoms with van der Waals surface area (Å²) >= 11 is 0. The molecule has 2 unspecified atom stereocenters. The van der Waals surface area contributed by atoms with Crippen molar-refractivity contribution in [2.75, 3.05) is 6.61 Å². The molecule has 2 atom stereocenters. The molecule has 0 radical (unpaired) electrons. The quantitative estimate of drug-likeness (QED) is 0.760. The number of alkyl halides is 3. The minimum atomic E-state index is -5.44. The minimum Gasteiger partial charge on any atom is -0.492 e. The molecule has 0 amide bonds. The van der Waals surface area contributed by atoms with Crippen LogP contribution >= 0.6 is 0 Å². The SMILES string of the molecule is CCC(C)c1ccc(OCC(NS(=O)(=O)C(F)(F)F)C(C)(C)C)cc1. The van der Waals surface area contributed by atoms with Crippen LogP contribution < -0.4 is 9.46 Å². The molecule has 8 heteroatoms. The maximum Gasteiger partial charge on any atom is 0.511 e. The average Bonchev–Trinajstić information content (AvgIpc) is 2.48. The lowest BCUT2D eigenvalue weighted by Crippen LogP contribution is -2.51. The van der Waals surface area contributed by atoms with Crippen molar-refractivity contribution in [2.24, 2.45) is 5.41 Å². The number of halogens is 3. The molecule has 0 aromatic heterocycles. The summed E-state index contributed by atoms with van der Waals surface area (Å²) in [6, 6.07) is 6.23. The van der Waals surface area contributed by atoms with Gasteiger partial charge in [0.1, 0.15) is 12.4 Å². The van der Waals surface area contributed by atoms with Crippen molar-refractivity contribution < 1.29 is 26.3 Å². The van der Waals surface area contributed by atoms with Crippen LogP contribution in [0.1, 0.15) is 52.5 Å². The Morgan fingerprint density at radius 1 is 1.12 bits per heavy atom. The number of nitrogens with one attached hydrogen (secondary N) is 1. The lowest BCUT2D eigenvalue weighted by atomic mass is 9.88. The number of rotatable bonds is 7.